The molecule has 1 saturated heterocycles. The van der Waals surface area contributed by atoms with Crippen LogP contribution in [0.2, 0.25) is 5.02 Å². The highest BCUT2D eigenvalue weighted by atomic mass is 35.5. The van der Waals surface area contributed by atoms with Gasteiger partial charge in [0.2, 0.25) is 0 Å². The first-order valence-electron chi connectivity index (χ1n) is 13.9. The number of amides is 1. The number of imidazole rings is 1. The fourth-order valence-electron chi connectivity index (χ4n) is 7.11. The van der Waals surface area contributed by atoms with Crippen molar-refractivity contribution in [2.75, 3.05) is 25.5 Å². The van der Waals surface area contributed by atoms with E-state index in [0.29, 0.717) is 42.9 Å². The minimum atomic E-state index is -1.03. The van der Waals surface area contributed by atoms with Gasteiger partial charge in [0.05, 0.1) is 22.7 Å². The number of aliphatic hydroxyl groups is 2. The zero-order valence-corrected chi connectivity index (χ0v) is 24.1. The highest BCUT2D eigenvalue weighted by Crippen LogP contribution is 2.56. The molecule has 2 aromatic heterocycles. The molecule has 3 aliphatic rings. The van der Waals surface area contributed by atoms with Crippen LogP contribution in [0.5, 0.6) is 0 Å². The molecule has 9 nitrogen and oxygen atoms in total. The predicted octanol–water partition coefficient (Wildman–Crippen LogP) is 3.41. The fourth-order valence-corrected chi connectivity index (χ4v) is 7.29. The second kappa shape index (κ2) is 10.2. The van der Waals surface area contributed by atoms with Gasteiger partial charge in [-0.1, -0.05) is 17.5 Å². The summed E-state index contributed by atoms with van der Waals surface area (Å²) in [7, 11) is 5.56. The number of hydrogen-bond donors (Lipinski definition) is 3. The van der Waals surface area contributed by atoms with E-state index in [-0.39, 0.29) is 28.7 Å². The highest BCUT2D eigenvalue weighted by Gasteiger charge is 2.51. The number of aromatic nitrogens is 4. The largest absolute Gasteiger partial charge is 0.384 e. The summed E-state index contributed by atoms with van der Waals surface area (Å²) < 4.78 is 17.0. The molecule has 2 aliphatic carbocycles. The van der Waals surface area contributed by atoms with Crippen molar-refractivity contribution in [1.29, 1.82) is 0 Å². The van der Waals surface area contributed by atoms with Crippen molar-refractivity contribution in [2.24, 2.45) is 25.9 Å². The zero-order valence-electron chi connectivity index (χ0n) is 23.4. The number of likely N-dealkylation sites (N-methyl/N-ethyl adjacent to an activating group) is 1. The van der Waals surface area contributed by atoms with Crippen molar-refractivity contribution < 1.29 is 19.4 Å². The summed E-state index contributed by atoms with van der Waals surface area (Å²) in [6.07, 6.45) is 5.07. The third-order valence-corrected chi connectivity index (χ3v) is 9.29. The van der Waals surface area contributed by atoms with Crippen molar-refractivity contribution >= 4 is 23.2 Å². The topological polar surface area (TPSA) is 108 Å². The lowest BCUT2D eigenvalue weighted by Gasteiger charge is -2.25. The van der Waals surface area contributed by atoms with E-state index >= 15 is 0 Å². The van der Waals surface area contributed by atoms with Crippen molar-refractivity contribution in [2.45, 2.75) is 49.2 Å². The number of carbonyl (C=O) groups excluding carboxylic acids is 1. The van der Waals surface area contributed by atoms with Gasteiger partial charge in [0.15, 0.2) is 0 Å². The first-order chi connectivity index (χ1) is 19.4. The molecule has 216 valence electrons. The molecule has 1 aliphatic heterocycles. The summed E-state index contributed by atoms with van der Waals surface area (Å²) in [5.41, 5.74) is 0.848. The van der Waals surface area contributed by atoms with E-state index < -0.39 is 17.0 Å². The second-order valence-electron chi connectivity index (χ2n) is 12.1. The molecule has 3 aromatic rings. The summed E-state index contributed by atoms with van der Waals surface area (Å²) in [5, 5.41) is 29.7. The maximum atomic E-state index is 13.6. The summed E-state index contributed by atoms with van der Waals surface area (Å²) in [4.78, 5) is 19.9. The van der Waals surface area contributed by atoms with Crippen LogP contribution in [0, 0.1) is 29.5 Å². The Morgan fingerprint density at radius 3 is 2.56 bits per heavy atom. The molecule has 0 spiro atoms. The van der Waals surface area contributed by atoms with Gasteiger partial charge in [0, 0.05) is 45.2 Å². The van der Waals surface area contributed by atoms with Crippen LogP contribution in [-0.4, -0.2) is 66.1 Å². The van der Waals surface area contributed by atoms with Gasteiger partial charge >= 0.3 is 0 Å². The number of likely N-dealkylation sites (tertiary alicyclic amines) is 1. The number of benzene rings is 1. The van der Waals surface area contributed by atoms with Crippen LogP contribution in [0.3, 0.4) is 0 Å². The molecule has 2 saturated carbocycles. The van der Waals surface area contributed by atoms with Crippen LogP contribution < -0.4 is 5.32 Å². The molecule has 1 aromatic carbocycles. The fraction of sp³-hybridized carbons (Fsp3) is 0.500. The number of β-amino-alcohol motifs (C(OH)–C–C–N with tert-alkyl or cyclic N) is 1. The van der Waals surface area contributed by atoms with Crippen molar-refractivity contribution in [3.05, 3.63) is 64.2 Å². The van der Waals surface area contributed by atoms with Crippen LogP contribution in [0.4, 0.5) is 10.1 Å². The third kappa shape index (κ3) is 5.28. The molecule has 3 atom stereocenters. The number of carbonyl (C=O) groups is 1. The van der Waals surface area contributed by atoms with Crippen molar-refractivity contribution in [3.8, 4) is 11.8 Å². The normalized spacial score (nSPS) is 29.4. The molecule has 0 bridgehead atoms. The Bertz CT molecular complexity index is 1560. The molecule has 0 radical (unpaired) electrons. The molecule has 11 heteroatoms. The number of anilines is 1. The maximum Gasteiger partial charge on any atom is 0.274 e. The highest BCUT2D eigenvalue weighted by molar-refractivity contribution is 6.31. The van der Waals surface area contributed by atoms with Gasteiger partial charge < -0.3 is 25.0 Å². The average Bonchev–Trinajstić information content (AvgIpc) is 3.70. The first-order valence-corrected chi connectivity index (χ1v) is 14.3. The number of rotatable bonds is 4. The minimum absolute atomic E-state index is 0.0596. The van der Waals surface area contributed by atoms with Crippen LogP contribution in [-0.2, 0) is 19.7 Å². The number of nitrogens with zero attached hydrogens (tertiary/aromatic N) is 5. The van der Waals surface area contributed by atoms with Crippen LogP contribution in [0.1, 0.15) is 65.6 Å². The van der Waals surface area contributed by atoms with Gasteiger partial charge in [0.1, 0.15) is 28.4 Å². The zero-order chi connectivity index (χ0) is 29.1. The van der Waals surface area contributed by atoms with E-state index in [9.17, 15) is 19.4 Å². The first kappa shape index (κ1) is 27.9. The quantitative estimate of drug-likeness (QED) is 0.408. The van der Waals surface area contributed by atoms with Gasteiger partial charge in [-0.3, -0.25) is 9.48 Å². The molecule has 3 fully saturated rings. The monoisotopic (exact) mass is 580 g/mol. The SMILES string of the molecule is CN1CCC(O)(C#Cc2cc(C3(O)CC4CC(c5ncn(C)c5C(=O)Nc5ccc(F)c(Cl)c5)CC4C3)n(C)n2)C1. The molecule has 1 amide bonds. The summed E-state index contributed by atoms with van der Waals surface area (Å²) in [6.45, 7) is 1.31. The second-order valence-corrected chi connectivity index (χ2v) is 12.5. The van der Waals surface area contributed by atoms with Crippen LogP contribution >= 0.6 is 11.6 Å². The lowest BCUT2D eigenvalue weighted by molar-refractivity contribution is 0.0263. The van der Waals surface area contributed by atoms with E-state index in [4.69, 9.17) is 11.6 Å². The molecular weight excluding hydrogens is 547 g/mol. The molecule has 3 heterocycles. The average molecular weight is 581 g/mol. The Kier molecular flexibility index (Phi) is 6.97. The van der Waals surface area contributed by atoms with Gasteiger partial charge in [-0.15, -0.1) is 0 Å². The van der Waals surface area contributed by atoms with E-state index in [1.807, 2.05) is 25.1 Å². The Hall–Kier alpha value is -3.23. The minimum Gasteiger partial charge on any atom is -0.384 e. The van der Waals surface area contributed by atoms with Crippen LogP contribution in [0.25, 0.3) is 0 Å². The molecule has 3 N–H and O–H groups in total. The van der Waals surface area contributed by atoms with E-state index in [1.54, 1.807) is 22.6 Å². The molecule has 3 unspecified atom stereocenters. The van der Waals surface area contributed by atoms with Crippen molar-refractivity contribution in [3.63, 3.8) is 0 Å². The van der Waals surface area contributed by atoms with Crippen LogP contribution in [0.15, 0.2) is 30.6 Å². The standard InChI is InChI=1S/C30H34ClFN6O3/c1-36-9-8-29(40,16-36)7-6-22-13-25(38(3)35-22)30(41)14-19-10-18(11-20(19)15-30)26-27(37(2)17-33-26)28(39)34-21-4-5-24(32)23(31)12-21/h4-5,12-13,17-20,40-41H,8-11,14-16H2,1-3H3,(H,34,39). The predicted molar refractivity (Wildman–Crippen MR) is 152 cm³/mol. The maximum absolute atomic E-state index is 13.6. The van der Waals surface area contributed by atoms with E-state index in [1.165, 1.54) is 18.2 Å². The summed E-state index contributed by atoms with van der Waals surface area (Å²) in [6, 6.07) is 5.92. The Labute approximate surface area is 243 Å². The smallest absolute Gasteiger partial charge is 0.274 e. The lowest BCUT2D eigenvalue weighted by atomic mass is 9.90. The van der Waals surface area contributed by atoms with E-state index in [2.05, 4.69) is 27.2 Å². The van der Waals surface area contributed by atoms with Gasteiger partial charge in [-0.2, -0.15) is 5.10 Å². The summed E-state index contributed by atoms with van der Waals surface area (Å²) in [5.74, 6) is 5.79. The molecule has 41 heavy (non-hydrogen) atoms. The number of fused-ring (bicyclic) bond motifs is 1. The van der Waals surface area contributed by atoms with Crippen molar-refractivity contribution in [1.82, 2.24) is 24.2 Å². The molecular formula is C30H34ClFN6O3. The number of nitrogens with one attached hydrogen (secondary N) is 1. The Morgan fingerprint density at radius 1 is 1.17 bits per heavy atom. The van der Waals surface area contributed by atoms with Gasteiger partial charge in [0.25, 0.3) is 5.91 Å². The van der Waals surface area contributed by atoms with E-state index in [0.717, 1.165) is 30.8 Å². The number of aryl methyl sites for hydroxylation is 2. The molecule has 6 rings (SSSR count). The number of hydrogen-bond acceptors (Lipinski definition) is 6. The summed E-state index contributed by atoms with van der Waals surface area (Å²) >= 11 is 5.89. The van der Waals surface area contributed by atoms with Gasteiger partial charge in [-0.05, 0) is 74.8 Å². The number of halogens is 2. The third-order valence-electron chi connectivity index (χ3n) is 9.00. The lowest BCUT2D eigenvalue weighted by Crippen LogP contribution is -2.29. The Morgan fingerprint density at radius 2 is 1.90 bits per heavy atom. The Balaban J connectivity index is 1.15. The van der Waals surface area contributed by atoms with Gasteiger partial charge in [-0.25, -0.2) is 9.37 Å².